The standard InChI is InChI=1S/C20H22ClF2N3O/c1-13-3-6-17(25-12-13)18(24-2)20(23)7-9-26(10-8-20)19(27)14-4-5-16(22)15(21)11-14/h3-6,11-12,18,24H,7-10H2,1-2H3. The van der Waals surface area contributed by atoms with Gasteiger partial charge in [-0.15, -0.1) is 0 Å². The second kappa shape index (κ2) is 7.90. The second-order valence-corrected chi connectivity index (χ2v) is 7.35. The van der Waals surface area contributed by atoms with Crippen LogP contribution in [0.5, 0.6) is 0 Å². The summed E-state index contributed by atoms with van der Waals surface area (Å²) in [5.41, 5.74) is 0.461. The van der Waals surface area contributed by atoms with Crippen LogP contribution >= 0.6 is 11.6 Å². The number of likely N-dealkylation sites (tertiary alicyclic amines) is 1. The van der Waals surface area contributed by atoms with Gasteiger partial charge in [-0.05, 0) is 43.8 Å². The van der Waals surface area contributed by atoms with E-state index in [4.69, 9.17) is 11.6 Å². The fraction of sp³-hybridized carbons (Fsp3) is 0.400. The molecule has 144 valence electrons. The summed E-state index contributed by atoms with van der Waals surface area (Å²) < 4.78 is 29.0. The largest absolute Gasteiger partial charge is 0.338 e. The summed E-state index contributed by atoms with van der Waals surface area (Å²) in [5.74, 6) is -0.842. The zero-order valence-electron chi connectivity index (χ0n) is 15.3. The minimum Gasteiger partial charge on any atom is -0.338 e. The lowest BCUT2D eigenvalue weighted by Gasteiger charge is -2.40. The highest BCUT2D eigenvalue weighted by Gasteiger charge is 2.43. The van der Waals surface area contributed by atoms with E-state index < -0.39 is 17.5 Å². The molecule has 1 N–H and O–H groups in total. The third-order valence-electron chi connectivity index (χ3n) is 5.08. The van der Waals surface area contributed by atoms with Gasteiger partial charge in [-0.25, -0.2) is 8.78 Å². The molecule has 1 aromatic carbocycles. The number of aryl methyl sites for hydroxylation is 1. The number of pyridine rings is 1. The number of alkyl halides is 1. The predicted molar refractivity (Wildman–Crippen MR) is 101 cm³/mol. The average molecular weight is 394 g/mol. The first-order chi connectivity index (χ1) is 12.8. The van der Waals surface area contributed by atoms with Crippen LogP contribution in [-0.4, -0.2) is 41.6 Å². The van der Waals surface area contributed by atoms with Crippen LogP contribution in [0.3, 0.4) is 0 Å². The van der Waals surface area contributed by atoms with Crippen LogP contribution in [0.2, 0.25) is 5.02 Å². The molecule has 0 saturated carbocycles. The minimum absolute atomic E-state index is 0.0987. The first kappa shape index (κ1) is 19.7. The number of nitrogens with zero attached hydrogens (tertiary/aromatic N) is 2. The van der Waals surface area contributed by atoms with Crippen molar-refractivity contribution >= 4 is 17.5 Å². The number of aromatic nitrogens is 1. The van der Waals surface area contributed by atoms with E-state index in [0.717, 1.165) is 5.56 Å². The molecule has 0 radical (unpaired) electrons. The van der Waals surface area contributed by atoms with Crippen LogP contribution in [0.25, 0.3) is 0 Å². The van der Waals surface area contributed by atoms with E-state index >= 15 is 4.39 Å². The van der Waals surface area contributed by atoms with Crippen LogP contribution < -0.4 is 5.32 Å². The number of halogens is 3. The number of carbonyl (C=O) groups is 1. The highest BCUT2D eigenvalue weighted by atomic mass is 35.5. The monoisotopic (exact) mass is 393 g/mol. The van der Waals surface area contributed by atoms with Crippen molar-refractivity contribution in [1.82, 2.24) is 15.2 Å². The number of carbonyl (C=O) groups excluding carboxylic acids is 1. The molecule has 1 aliphatic rings. The SMILES string of the molecule is CNC(c1ccc(C)cn1)C1(F)CCN(C(=O)c2ccc(F)c(Cl)c2)CC1. The van der Waals surface area contributed by atoms with Gasteiger partial charge < -0.3 is 10.2 Å². The molecule has 0 aliphatic carbocycles. The molecular formula is C20H22ClF2N3O. The van der Waals surface area contributed by atoms with Gasteiger partial charge in [0.05, 0.1) is 16.8 Å². The highest BCUT2D eigenvalue weighted by molar-refractivity contribution is 6.31. The number of amides is 1. The molecule has 0 bridgehead atoms. The molecule has 1 saturated heterocycles. The van der Waals surface area contributed by atoms with Gasteiger partial charge in [0, 0.05) is 37.7 Å². The summed E-state index contributed by atoms with van der Waals surface area (Å²) >= 11 is 5.76. The lowest BCUT2D eigenvalue weighted by molar-refractivity contribution is 0.0229. The summed E-state index contributed by atoms with van der Waals surface area (Å²) in [6.45, 7) is 2.48. The van der Waals surface area contributed by atoms with Crippen LogP contribution in [-0.2, 0) is 0 Å². The van der Waals surface area contributed by atoms with Gasteiger partial charge in [0.1, 0.15) is 11.5 Å². The van der Waals surface area contributed by atoms with Crippen molar-refractivity contribution in [3.63, 3.8) is 0 Å². The maximum Gasteiger partial charge on any atom is 0.253 e. The highest BCUT2D eigenvalue weighted by Crippen LogP contribution is 2.38. The molecule has 3 rings (SSSR count). The molecule has 7 heteroatoms. The van der Waals surface area contributed by atoms with Crippen molar-refractivity contribution in [2.75, 3.05) is 20.1 Å². The smallest absolute Gasteiger partial charge is 0.253 e. The van der Waals surface area contributed by atoms with Crippen LogP contribution in [0.4, 0.5) is 8.78 Å². The Morgan fingerprint density at radius 2 is 2.00 bits per heavy atom. The van der Waals surface area contributed by atoms with Gasteiger partial charge in [0.2, 0.25) is 0 Å². The number of benzene rings is 1. The summed E-state index contributed by atoms with van der Waals surface area (Å²) in [5, 5.41) is 2.94. The zero-order valence-corrected chi connectivity index (χ0v) is 16.1. The lowest BCUT2D eigenvalue weighted by atomic mass is 9.84. The van der Waals surface area contributed by atoms with Crippen LogP contribution in [0.1, 0.15) is 40.5 Å². The van der Waals surface area contributed by atoms with Crippen molar-refractivity contribution in [1.29, 1.82) is 0 Å². The minimum atomic E-state index is -1.51. The van der Waals surface area contributed by atoms with E-state index in [2.05, 4.69) is 10.3 Å². The van der Waals surface area contributed by atoms with Gasteiger partial charge in [-0.2, -0.15) is 0 Å². The van der Waals surface area contributed by atoms with Crippen LogP contribution in [0.15, 0.2) is 36.5 Å². The molecule has 1 aliphatic heterocycles. The van der Waals surface area contributed by atoms with Gasteiger partial charge >= 0.3 is 0 Å². The number of nitrogens with one attached hydrogen (secondary N) is 1. The Kier molecular flexibility index (Phi) is 5.77. The average Bonchev–Trinajstić information content (AvgIpc) is 2.66. The number of hydrogen-bond donors (Lipinski definition) is 1. The normalized spacial score (nSPS) is 17.6. The predicted octanol–water partition coefficient (Wildman–Crippen LogP) is 4.09. The Morgan fingerprint density at radius 3 is 2.56 bits per heavy atom. The third-order valence-corrected chi connectivity index (χ3v) is 5.37. The topological polar surface area (TPSA) is 45.2 Å². The molecule has 4 nitrogen and oxygen atoms in total. The number of hydrogen-bond acceptors (Lipinski definition) is 3. The number of rotatable bonds is 4. The Balaban J connectivity index is 1.71. The molecule has 1 unspecified atom stereocenters. The molecule has 0 spiro atoms. The molecule has 1 fully saturated rings. The van der Waals surface area contributed by atoms with E-state index in [1.54, 1.807) is 18.1 Å². The van der Waals surface area contributed by atoms with Gasteiger partial charge in [-0.1, -0.05) is 17.7 Å². The van der Waals surface area contributed by atoms with Crippen molar-refractivity contribution in [2.24, 2.45) is 0 Å². The molecular weight excluding hydrogens is 372 g/mol. The van der Waals surface area contributed by atoms with Gasteiger partial charge in [0.25, 0.3) is 5.91 Å². The lowest BCUT2D eigenvalue weighted by Crippen LogP contribution is -2.50. The van der Waals surface area contributed by atoms with Crippen LogP contribution in [0, 0.1) is 12.7 Å². The molecule has 1 aromatic heterocycles. The van der Waals surface area contributed by atoms with Gasteiger partial charge in [0.15, 0.2) is 0 Å². The molecule has 27 heavy (non-hydrogen) atoms. The molecule has 1 atom stereocenters. The Morgan fingerprint density at radius 1 is 1.30 bits per heavy atom. The van der Waals surface area contributed by atoms with E-state index in [9.17, 15) is 9.18 Å². The molecule has 1 amide bonds. The summed E-state index contributed by atoms with van der Waals surface area (Å²) in [6, 6.07) is 7.06. The van der Waals surface area contributed by atoms with E-state index in [1.165, 1.54) is 18.2 Å². The van der Waals surface area contributed by atoms with Crippen molar-refractivity contribution in [3.8, 4) is 0 Å². The van der Waals surface area contributed by atoms with E-state index in [-0.39, 0.29) is 36.9 Å². The molecule has 2 heterocycles. The van der Waals surface area contributed by atoms with E-state index in [0.29, 0.717) is 11.3 Å². The van der Waals surface area contributed by atoms with Crippen molar-refractivity contribution < 1.29 is 13.6 Å². The Bertz CT molecular complexity index is 820. The quantitative estimate of drug-likeness (QED) is 0.851. The van der Waals surface area contributed by atoms with Crippen molar-refractivity contribution in [2.45, 2.75) is 31.5 Å². The fourth-order valence-electron chi connectivity index (χ4n) is 3.50. The summed E-state index contributed by atoms with van der Waals surface area (Å²) in [7, 11) is 1.71. The second-order valence-electron chi connectivity index (χ2n) is 6.94. The maximum absolute atomic E-state index is 15.7. The summed E-state index contributed by atoms with van der Waals surface area (Å²) in [6.07, 6.45) is 2.10. The first-order valence-corrected chi connectivity index (χ1v) is 9.25. The first-order valence-electron chi connectivity index (χ1n) is 8.87. The van der Waals surface area contributed by atoms with Crippen molar-refractivity contribution in [3.05, 3.63) is 64.2 Å². The summed E-state index contributed by atoms with van der Waals surface area (Å²) in [4.78, 5) is 18.6. The fourth-order valence-corrected chi connectivity index (χ4v) is 3.68. The third kappa shape index (κ3) is 4.12. The number of piperidine rings is 1. The maximum atomic E-state index is 15.7. The van der Waals surface area contributed by atoms with E-state index in [1.807, 2.05) is 19.1 Å². The zero-order chi connectivity index (χ0) is 19.6. The Hall–Kier alpha value is -2.05. The molecule has 2 aromatic rings. The Labute approximate surface area is 162 Å². The van der Waals surface area contributed by atoms with Gasteiger partial charge in [-0.3, -0.25) is 9.78 Å².